The minimum Gasteiger partial charge on any atom is -0.357 e. The summed E-state index contributed by atoms with van der Waals surface area (Å²) in [5, 5.41) is 9.10. The molecular formula is C22H32N4S. The van der Waals surface area contributed by atoms with Gasteiger partial charge in [-0.1, -0.05) is 36.4 Å². The number of piperidine rings is 1. The van der Waals surface area contributed by atoms with E-state index in [4.69, 9.17) is 4.99 Å². The van der Waals surface area contributed by atoms with Crippen LogP contribution in [0, 0.1) is 5.92 Å². The molecule has 1 saturated heterocycles. The number of guanidine groups is 1. The van der Waals surface area contributed by atoms with Crippen LogP contribution in [0.15, 0.2) is 52.8 Å². The van der Waals surface area contributed by atoms with E-state index in [2.05, 4.69) is 77.2 Å². The van der Waals surface area contributed by atoms with Gasteiger partial charge in [0.25, 0.3) is 0 Å². The van der Waals surface area contributed by atoms with Gasteiger partial charge < -0.3 is 10.6 Å². The van der Waals surface area contributed by atoms with Gasteiger partial charge in [-0.3, -0.25) is 9.89 Å². The summed E-state index contributed by atoms with van der Waals surface area (Å²) in [5.41, 5.74) is 1.28. The van der Waals surface area contributed by atoms with Crippen molar-refractivity contribution in [1.29, 1.82) is 0 Å². The van der Waals surface area contributed by atoms with Gasteiger partial charge in [-0.15, -0.1) is 11.3 Å². The molecule has 1 aromatic carbocycles. The molecule has 27 heavy (non-hydrogen) atoms. The van der Waals surface area contributed by atoms with Crippen LogP contribution in [-0.4, -0.2) is 37.0 Å². The molecule has 0 amide bonds. The van der Waals surface area contributed by atoms with Gasteiger partial charge in [-0.25, -0.2) is 0 Å². The fourth-order valence-corrected chi connectivity index (χ4v) is 4.27. The lowest BCUT2D eigenvalue weighted by Gasteiger charge is -2.31. The van der Waals surface area contributed by atoms with E-state index in [1.807, 2.05) is 11.3 Å². The Hall–Kier alpha value is -1.85. The summed E-state index contributed by atoms with van der Waals surface area (Å²) in [5.74, 6) is 1.61. The van der Waals surface area contributed by atoms with Crippen LogP contribution in [0.4, 0.5) is 0 Å². The lowest BCUT2D eigenvalue weighted by molar-refractivity contribution is 0.182. The second kappa shape index (κ2) is 10.5. The van der Waals surface area contributed by atoms with E-state index in [0.717, 1.165) is 25.6 Å². The summed E-state index contributed by atoms with van der Waals surface area (Å²) < 4.78 is 0. The van der Waals surface area contributed by atoms with Gasteiger partial charge in [0.05, 0.1) is 6.04 Å². The van der Waals surface area contributed by atoms with Crippen molar-refractivity contribution in [3.63, 3.8) is 0 Å². The number of rotatable bonds is 7. The number of benzene rings is 1. The summed E-state index contributed by atoms with van der Waals surface area (Å²) in [6.07, 6.45) is 2.48. The van der Waals surface area contributed by atoms with Gasteiger partial charge in [-0.2, -0.15) is 0 Å². The molecule has 0 bridgehead atoms. The molecule has 0 radical (unpaired) electrons. The van der Waals surface area contributed by atoms with Gasteiger partial charge in [-0.05, 0) is 62.7 Å². The van der Waals surface area contributed by atoms with Crippen molar-refractivity contribution in [2.45, 2.75) is 39.3 Å². The number of hydrogen-bond donors (Lipinski definition) is 2. The van der Waals surface area contributed by atoms with Crippen molar-refractivity contribution in [3.05, 3.63) is 58.3 Å². The molecule has 146 valence electrons. The average Bonchev–Trinajstić information content (AvgIpc) is 3.21. The van der Waals surface area contributed by atoms with Crippen LogP contribution >= 0.6 is 11.3 Å². The molecule has 2 aromatic rings. The quantitative estimate of drug-likeness (QED) is 0.553. The fourth-order valence-electron chi connectivity index (χ4n) is 3.52. The molecule has 0 saturated carbocycles. The monoisotopic (exact) mass is 384 g/mol. The van der Waals surface area contributed by atoms with E-state index in [9.17, 15) is 0 Å². The molecule has 5 heteroatoms. The Balaban J connectivity index is 1.47. The van der Waals surface area contributed by atoms with Crippen molar-refractivity contribution in [3.8, 4) is 0 Å². The Morgan fingerprint density at radius 2 is 1.96 bits per heavy atom. The van der Waals surface area contributed by atoms with Crippen molar-refractivity contribution in [2.75, 3.05) is 26.2 Å². The first kappa shape index (κ1) is 19.9. The van der Waals surface area contributed by atoms with Crippen molar-refractivity contribution >= 4 is 17.3 Å². The Bertz CT molecular complexity index is 676. The lowest BCUT2D eigenvalue weighted by Crippen LogP contribution is -2.39. The highest BCUT2D eigenvalue weighted by Gasteiger charge is 2.19. The Morgan fingerprint density at radius 1 is 1.19 bits per heavy atom. The molecule has 2 N–H and O–H groups in total. The Labute approximate surface area is 167 Å². The van der Waals surface area contributed by atoms with Gasteiger partial charge >= 0.3 is 0 Å². The summed E-state index contributed by atoms with van der Waals surface area (Å²) in [6, 6.07) is 15.2. The van der Waals surface area contributed by atoms with Crippen LogP contribution in [0.3, 0.4) is 0 Å². The molecule has 1 aromatic heterocycles. The van der Waals surface area contributed by atoms with E-state index in [1.54, 1.807) is 0 Å². The maximum absolute atomic E-state index is 4.88. The van der Waals surface area contributed by atoms with E-state index in [-0.39, 0.29) is 6.04 Å². The van der Waals surface area contributed by atoms with Gasteiger partial charge in [0.1, 0.15) is 0 Å². The first-order valence-electron chi connectivity index (χ1n) is 10.1. The third-order valence-corrected chi connectivity index (χ3v) is 6.03. The number of nitrogens with zero attached hydrogens (tertiary/aromatic N) is 2. The molecule has 1 fully saturated rings. The van der Waals surface area contributed by atoms with Crippen molar-refractivity contribution in [1.82, 2.24) is 15.5 Å². The lowest BCUT2D eigenvalue weighted by atomic mass is 9.97. The zero-order valence-corrected chi connectivity index (χ0v) is 17.3. The van der Waals surface area contributed by atoms with E-state index >= 15 is 0 Å². The number of thiophene rings is 1. The van der Waals surface area contributed by atoms with Crippen LogP contribution in [-0.2, 0) is 6.54 Å². The van der Waals surface area contributed by atoms with Gasteiger partial charge in [0.2, 0.25) is 0 Å². The zero-order chi connectivity index (χ0) is 18.9. The number of aliphatic imine (C=N–C) groups is 1. The summed E-state index contributed by atoms with van der Waals surface area (Å²) >= 11 is 1.86. The average molecular weight is 385 g/mol. The topological polar surface area (TPSA) is 39.7 Å². The molecule has 2 heterocycles. The molecular weight excluding hydrogens is 352 g/mol. The Kier molecular flexibility index (Phi) is 7.72. The highest BCUT2D eigenvalue weighted by atomic mass is 32.1. The fraction of sp³-hybridized carbons (Fsp3) is 0.500. The summed E-state index contributed by atoms with van der Waals surface area (Å²) in [4.78, 5) is 8.93. The predicted octanol–water partition coefficient (Wildman–Crippen LogP) is 4.28. The van der Waals surface area contributed by atoms with Crippen LogP contribution in [0.5, 0.6) is 0 Å². The van der Waals surface area contributed by atoms with Crippen molar-refractivity contribution < 1.29 is 0 Å². The standard InChI is InChI=1S/C22H32N4S/c1-3-23-22(25-18(2)20-8-5-4-6-9-20)24-16-19-11-13-26(14-12-19)17-21-10-7-15-27-21/h4-10,15,18-19H,3,11-14,16-17H2,1-2H3,(H2,23,24,25). The largest absolute Gasteiger partial charge is 0.357 e. The van der Waals surface area contributed by atoms with Gasteiger partial charge in [0.15, 0.2) is 5.96 Å². The highest BCUT2D eigenvalue weighted by molar-refractivity contribution is 7.09. The minimum absolute atomic E-state index is 0.247. The maximum atomic E-state index is 4.88. The zero-order valence-electron chi connectivity index (χ0n) is 16.5. The number of hydrogen-bond acceptors (Lipinski definition) is 3. The molecule has 1 aliphatic heterocycles. The van der Waals surface area contributed by atoms with E-state index < -0.39 is 0 Å². The van der Waals surface area contributed by atoms with Crippen molar-refractivity contribution in [2.24, 2.45) is 10.9 Å². The van der Waals surface area contributed by atoms with E-state index in [1.165, 1.54) is 36.4 Å². The molecule has 3 rings (SSSR count). The summed E-state index contributed by atoms with van der Waals surface area (Å²) in [6.45, 7) is 9.56. The second-order valence-electron chi connectivity index (χ2n) is 7.30. The predicted molar refractivity (Wildman–Crippen MR) is 116 cm³/mol. The third-order valence-electron chi connectivity index (χ3n) is 5.17. The molecule has 4 nitrogen and oxygen atoms in total. The van der Waals surface area contributed by atoms with Crippen LogP contribution in [0.25, 0.3) is 0 Å². The third kappa shape index (κ3) is 6.36. The van der Waals surface area contributed by atoms with E-state index in [0.29, 0.717) is 5.92 Å². The number of likely N-dealkylation sites (tertiary alicyclic amines) is 1. The first-order chi connectivity index (χ1) is 13.2. The van der Waals surface area contributed by atoms with Gasteiger partial charge in [0, 0.05) is 24.5 Å². The van der Waals surface area contributed by atoms with Crippen LogP contribution in [0.2, 0.25) is 0 Å². The molecule has 1 aliphatic rings. The molecule has 1 unspecified atom stereocenters. The normalized spacial score (nSPS) is 17.6. The Morgan fingerprint density at radius 3 is 2.63 bits per heavy atom. The summed E-state index contributed by atoms with van der Waals surface area (Å²) in [7, 11) is 0. The highest BCUT2D eigenvalue weighted by Crippen LogP contribution is 2.21. The van der Waals surface area contributed by atoms with Crippen LogP contribution in [0.1, 0.15) is 43.2 Å². The molecule has 1 atom stereocenters. The maximum Gasteiger partial charge on any atom is 0.191 e. The molecule has 0 aliphatic carbocycles. The van der Waals surface area contributed by atoms with Crippen LogP contribution < -0.4 is 10.6 Å². The first-order valence-corrected chi connectivity index (χ1v) is 11.0. The number of nitrogens with one attached hydrogen (secondary N) is 2. The minimum atomic E-state index is 0.247. The second-order valence-corrected chi connectivity index (χ2v) is 8.33. The smallest absolute Gasteiger partial charge is 0.191 e. The SMILES string of the molecule is CCNC(=NCC1CCN(Cc2cccs2)CC1)NC(C)c1ccccc1. The molecule has 0 spiro atoms.